The van der Waals surface area contributed by atoms with Crippen molar-refractivity contribution in [3.63, 3.8) is 0 Å². The van der Waals surface area contributed by atoms with Crippen molar-refractivity contribution in [1.82, 2.24) is 15.1 Å². The summed E-state index contributed by atoms with van der Waals surface area (Å²) in [5.74, 6) is -0.223. The summed E-state index contributed by atoms with van der Waals surface area (Å²) in [7, 11) is 0. The summed E-state index contributed by atoms with van der Waals surface area (Å²) in [5, 5.41) is 9.98. The first-order valence-corrected chi connectivity index (χ1v) is 10.3. The zero-order valence-electron chi connectivity index (χ0n) is 16.2. The van der Waals surface area contributed by atoms with Crippen molar-refractivity contribution in [3.05, 3.63) is 45.7 Å². The molecule has 1 fully saturated rings. The topological polar surface area (TPSA) is 104 Å². The van der Waals surface area contributed by atoms with Gasteiger partial charge in [0.05, 0.1) is 10.2 Å². The van der Waals surface area contributed by atoms with Gasteiger partial charge in [-0.2, -0.15) is 5.10 Å². The van der Waals surface area contributed by atoms with Crippen molar-refractivity contribution in [2.75, 3.05) is 18.4 Å². The van der Waals surface area contributed by atoms with E-state index in [0.717, 1.165) is 49.4 Å². The van der Waals surface area contributed by atoms with E-state index in [-0.39, 0.29) is 23.7 Å². The van der Waals surface area contributed by atoms with Crippen molar-refractivity contribution in [2.24, 2.45) is 11.7 Å². The number of primary amides is 1. The molecule has 150 valence electrons. The van der Waals surface area contributed by atoms with Crippen LogP contribution >= 0.6 is 15.9 Å². The van der Waals surface area contributed by atoms with Crippen molar-refractivity contribution < 1.29 is 9.59 Å². The van der Waals surface area contributed by atoms with E-state index in [4.69, 9.17) is 5.73 Å². The van der Waals surface area contributed by atoms with Crippen LogP contribution in [0.2, 0.25) is 0 Å². The Balaban J connectivity index is 1.62. The van der Waals surface area contributed by atoms with Gasteiger partial charge in [-0.3, -0.25) is 19.6 Å². The van der Waals surface area contributed by atoms with Crippen LogP contribution in [0.4, 0.5) is 5.69 Å². The predicted octanol–water partition coefficient (Wildman–Crippen LogP) is 3.25. The van der Waals surface area contributed by atoms with Crippen LogP contribution in [0, 0.1) is 5.92 Å². The number of nitrogens with one attached hydrogen (secondary N) is 2. The van der Waals surface area contributed by atoms with Gasteiger partial charge < -0.3 is 11.1 Å². The fraction of sp³-hybridized carbons (Fsp3) is 0.450. The van der Waals surface area contributed by atoms with Gasteiger partial charge >= 0.3 is 0 Å². The molecule has 1 aromatic heterocycles. The fourth-order valence-corrected chi connectivity index (χ4v) is 4.26. The lowest BCUT2D eigenvalue weighted by Gasteiger charge is -2.30. The Bertz CT molecular complexity index is 856. The lowest BCUT2D eigenvalue weighted by Crippen LogP contribution is -2.38. The van der Waals surface area contributed by atoms with E-state index in [0.29, 0.717) is 10.2 Å². The van der Waals surface area contributed by atoms with Gasteiger partial charge in [0.25, 0.3) is 5.91 Å². The minimum absolute atomic E-state index is 0.00935. The summed E-state index contributed by atoms with van der Waals surface area (Å²) < 4.78 is 0.702. The Hall–Kier alpha value is -2.19. The summed E-state index contributed by atoms with van der Waals surface area (Å²) in [4.78, 5) is 26.2. The molecule has 0 radical (unpaired) electrons. The monoisotopic (exact) mass is 447 g/mol. The molecular formula is C20H26BrN5O2. The van der Waals surface area contributed by atoms with Crippen LogP contribution in [0.1, 0.15) is 54.4 Å². The van der Waals surface area contributed by atoms with Crippen LogP contribution in [0.3, 0.4) is 0 Å². The Kier molecular flexibility index (Phi) is 6.51. The second-order valence-electron chi connectivity index (χ2n) is 7.56. The molecule has 0 aliphatic carbocycles. The van der Waals surface area contributed by atoms with Crippen LogP contribution in [0.5, 0.6) is 0 Å². The van der Waals surface area contributed by atoms with Gasteiger partial charge in [0, 0.05) is 18.2 Å². The summed E-state index contributed by atoms with van der Waals surface area (Å²) in [5.41, 5.74) is 8.49. The van der Waals surface area contributed by atoms with Gasteiger partial charge in [-0.25, -0.2) is 0 Å². The average molecular weight is 448 g/mol. The van der Waals surface area contributed by atoms with Gasteiger partial charge in [0.1, 0.15) is 0 Å². The van der Waals surface area contributed by atoms with Crippen LogP contribution in [-0.4, -0.2) is 40.0 Å². The summed E-state index contributed by atoms with van der Waals surface area (Å²) >= 11 is 3.47. The quantitative estimate of drug-likeness (QED) is 0.631. The molecule has 2 amide bonds. The molecule has 0 atom stereocenters. The number of carbonyl (C=O) groups is 2. The normalized spacial score (nSPS) is 15.7. The average Bonchev–Trinajstić information content (AvgIpc) is 3.04. The molecule has 0 spiro atoms. The molecule has 2 heterocycles. The number of aromatic amines is 1. The number of halogens is 1. The highest BCUT2D eigenvalue weighted by atomic mass is 79.9. The van der Waals surface area contributed by atoms with Gasteiger partial charge in [0.2, 0.25) is 5.91 Å². The molecule has 7 nitrogen and oxygen atoms in total. The van der Waals surface area contributed by atoms with E-state index in [1.165, 1.54) is 0 Å². The van der Waals surface area contributed by atoms with E-state index in [9.17, 15) is 9.59 Å². The maximum atomic E-state index is 12.6. The molecule has 1 saturated heterocycles. The second kappa shape index (κ2) is 8.87. The lowest BCUT2D eigenvalue weighted by molar-refractivity contribution is -0.123. The number of piperidine rings is 1. The largest absolute Gasteiger partial charge is 0.369 e. The molecule has 0 bridgehead atoms. The number of benzene rings is 1. The second-order valence-corrected chi connectivity index (χ2v) is 8.35. The molecular weight excluding hydrogens is 422 g/mol. The molecule has 2 aromatic rings. The summed E-state index contributed by atoms with van der Waals surface area (Å²) in [6.45, 7) is 6.55. The SMILES string of the molecule is CC(C)c1[nH]nc(C(=O)Nc2cccc(CN3CCC(C(N)=O)CC3)c2)c1Br. The Labute approximate surface area is 173 Å². The first-order valence-electron chi connectivity index (χ1n) is 9.51. The van der Waals surface area contributed by atoms with E-state index in [1.54, 1.807) is 0 Å². The standard InChI is InChI=1S/C20H26BrN5O2/c1-12(2)17-16(21)18(25-24-17)20(28)23-15-5-3-4-13(10-15)11-26-8-6-14(7-9-26)19(22)27/h3-5,10,12,14H,6-9,11H2,1-2H3,(H2,22,27)(H,23,28)(H,24,25). The zero-order chi connectivity index (χ0) is 20.3. The molecule has 1 aliphatic heterocycles. The highest BCUT2D eigenvalue weighted by Gasteiger charge is 2.23. The Morgan fingerprint density at radius 1 is 1.36 bits per heavy atom. The molecule has 8 heteroatoms. The maximum Gasteiger partial charge on any atom is 0.277 e. The minimum atomic E-state index is -0.255. The number of H-pyrrole nitrogens is 1. The van der Waals surface area contributed by atoms with Gasteiger partial charge in [-0.15, -0.1) is 0 Å². The molecule has 28 heavy (non-hydrogen) atoms. The highest BCUT2D eigenvalue weighted by molar-refractivity contribution is 9.10. The molecule has 3 rings (SSSR count). The van der Waals surface area contributed by atoms with E-state index in [1.807, 2.05) is 38.1 Å². The van der Waals surface area contributed by atoms with E-state index in [2.05, 4.69) is 36.3 Å². The molecule has 0 unspecified atom stereocenters. The smallest absolute Gasteiger partial charge is 0.277 e. The highest BCUT2D eigenvalue weighted by Crippen LogP contribution is 2.26. The van der Waals surface area contributed by atoms with Crippen LogP contribution < -0.4 is 11.1 Å². The van der Waals surface area contributed by atoms with Crippen molar-refractivity contribution >= 4 is 33.4 Å². The fourth-order valence-electron chi connectivity index (χ4n) is 3.45. The van der Waals surface area contributed by atoms with Crippen molar-refractivity contribution in [2.45, 2.75) is 39.2 Å². The number of hydrogen-bond donors (Lipinski definition) is 3. The first kappa shape index (κ1) is 20.5. The maximum absolute atomic E-state index is 12.6. The van der Waals surface area contributed by atoms with Gasteiger partial charge in [0.15, 0.2) is 5.69 Å². The lowest BCUT2D eigenvalue weighted by atomic mass is 9.96. The number of nitrogens with two attached hydrogens (primary N) is 1. The number of hydrogen-bond acceptors (Lipinski definition) is 4. The van der Waals surface area contributed by atoms with E-state index >= 15 is 0 Å². The Morgan fingerprint density at radius 2 is 2.07 bits per heavy atom. The number of anilines is 1. The van der Waals surface area contributed by atoms with Crippen LogP contribution in [0.15, 0.2) is 28.7 Å². The molecule has 1 aromatic carbocycles. The Morgan fingerprint density at radius 3 is 2.68 bits per heavy atom. The van der Waals surface area contributed by atoms with Crippen molar-refractivity contribution in [3.8, 4) is 0 Å². The van der Waals surface area contributed by atoms with E-state index < -0.39 is 0 Å². The number of aromatic nitrogens is 2. The minimum Gasteiger partial charge on any atom is -0.369 e. The molecule has 1 aliphatic rings. The first-order chi connectivity index (χ1) is 13.3. The number of nitrogens with zero attached hydrogens (tertiary/aromatic N) is 2. The number of carbonyl (C=O) groups excluding carboxylic acids is 2. The summed E-state index contributed by atoms with van der Waals surface area (Å²) in [6, 6.07) is 7.81. The third-order valence-corrected chi connectivity index (χ3v) is 5.91. The number of rotatable bonds is 6. The van der Waals surface area contributed by atoms with Crippen molar-refractivity contribution in [1.29, 1.82) is 0 Å². The van der Waals surface area contributed by atoms with Crippen LogP contribution in [0.25, 0.3) is 0 Å². The third kappa shape index (κ3) is 4.80. The van der Waals surface area contributed by atoms with Gasteiger partial charge in [-0.05, 0) is 65.5 Å². The number of amides is 2. The van der Waals surface area contributed by atoms with Crippen LogP contribution in [-0.2, 0) is 11.3 Å². The third-order valence-electron chi connectivity index (χ3n) is 5.11. The summed E-state index contributed by atoms with van der Waals surface area (Å²) in [6.07, 6.45) is 1.61. The zero-order valence-corrected chi connectivity index (χ0v) is 17.8. The predicted molar refractivity (Wildman–Crippen MR) is 112 cm³/mol. The number of likely N-dealkylation sites (tertiary alicyclic amines) is 1. The molecule has 4 N–H and O–H groups in total. The molecule has 0 saturated carbocycles. The van der Waals surface area contributed by atoms with Gasteiger partial charge in [-0.1, -0.05) is 26.0 Å².